The summed E-state index contributed by atoms with van der Waals surface area (Å²) >= 11 is 2.12. The van der Waals surface area contributed by atoms with Gasteiger partial charge in [-0.15, -0.1) is 0 Å². The van der Waals surface area contributed by atoms with Gasteiger partial charge in [0.1, 0.15) is 24.4 Å². The van der Waals surface area contributed by atoms with Gasteiger partial charge in [-0.1, -0.05) is 82.0 Å². The minimum atomic E-state index is -0.829. The second kappa shape index (κ2) is 18.1. The van der Waals surface area contributed by atoms with Crippen molar-refractivity contribution in [3.8, 4) is 0 Å². The summed E-state index contributed by atoms with van der Waals surface area (Å²) in [4.78, 5) is 42.5. The number of nitrogens with one attached hydrogen (secondary N) is 1. The maximum atomic E-state index is 14.2. The molecule has 256 valence electrons. The monoisotopic (exact) mass is 760 g/mol. The minimum absolute atomic E-state index is 0.0816. The zero-order valence-electron chi connectivity index (χ0n) is 27.8. The van der Waals surface area contributed by atoms with Crippen LogP contribution in [0.1, 0.15) is 87.6 Å². The fourth-order valence-corrected chi connectivity index (χ4v) is 6.93. The molecule has 2 aliphatic rings. The van der Waals surface area contributed by atoms with Crippen molar-refractivity contribution in [2.24, 2.45) is 0 Å². The van der Waals surface area contributed by atoms with Crippen LogP contribution in [0.3, 0.4) is 0 Å². The van der Waals surface area contributed by atoms with Crippen molar-refractivity contribution in [3.63, 3.8) is 0 Å². The zero-order valence-corrected chi connectivity index (χ0v) is 29.9. The number of nitrogens with zero attached hydrogens (tertiary/aromatic N) is 1. The number of rotatable bonds is 17. The molecule has 1 saturated heterocycles. The highest BCUT2D eigenvalue weighted by atomic mass is 127. The second-order valence-electron chi connectivity index (χ2n) is 12.4. The molecule has 0 bridgehead atoms. The number of unbranched alkanes of at least 4 members (excludes halogenated alkanes) is 4. The van der Waals surface area contributed by atoms with Gasteiger partial charge in [-0.3, -0.25) is 9.59 Å². The Balaban J connectivity index is 1.65. The molecule has 0 saturated carbocycles. The number of aliphatic hydroxyl groups excluding tert-OH is 1. The normalized spacial score (nSPS) is 20.5. The molecule has 0 radical (unpaired) electrons. The van der Waals surface area contributed by atoms with Gasteiger partial charge in [-0.05, 0) is 59.2 Å². The summed E-state index contributed by atoms with van der Waals surface area (Å²) in [5, 5.41) is 12.1. The second-order valence-corrected chi connectivity index (χ2v) is 13.6. The lowest BCUT2D eigenvalue weighted by Gasteiger charge is -2.33. The van der Waals surface area contributed by atoms with Gasteiger partial charge in [-0.2, -0.15) is 0 Å². The Hall–Kier alpha value is -2.80. The molecule has 2 aromatic rings. The van der Waals surface area contributed by atoms with Crippen LogP contribution in [-0.4, -0.2) is 78.1 Å². The van der Waals surface area contributed by atoms with E-state index in [1.165, 1.54) is 4.90 Å². The summed E-state index contributed by atoms with van der Waals surface area (Å²) in [5.74, 6) is -2.02. The highest BCUT2D eigenvalue weighted by Gasteiger charge is 2.52. The van der Waals surface area contributed by atoms with E-state index < -0.39 is 36.1 Å². The summed E-state index contributed by atoms with van der Waals surface area (Å²) < 4.78 is 20.4. The number of carbonyl (C=O) groups is 3. The lowest BCUT2D eigenvalue weighted by atomic mass is 9.90. The number of benzene rings is 2. The molecule has 9 nitrogen and oxygen atoms in total. The van der Waals surface area contributed by atoms with Gasteiger partial charge >= 0.3 is 5.97 Å². The van der Waals surface area contributed by atoms with E-state index >= 15 is 0 Å². The first-order chi connectivity index (χ1) is 22.7. The standard InChI is InChI=1S/C37H49IN2O7/c1-4-6-13-19-37(20-14-7-5-2)46-32-25-27(24-31(33(32)47-37)45-36(44)28-17-11-12-18-29(28)38)35(43)40(3)30(34(42)39-21-22-41)23-26-15-9-8-10-16-26/h8-12,15-18,25,30-33,41H,4-7,13-14,19-24H2,1-3H3,(H,39,42). The molecule has 0 spiro atoms. The van der Waals surface area contributed by atoms with E-state index in [9.17, 15) is 19.5 Å². The van der Waals surface area contributed by atoms with E-state index in [0.29, 0.717) is 17.6 Å². The molecule has 10 heteroatoms. The molecule has 2 aromatic carbocycles. The summed E-state index contributed by atoms with van der Waals surface area (Å²) in [6.07, 6.45) is 7.84. The topological polar surface area (TPSA) is 114 Å². The van der Waals surface area contributed by atoms with E-state index in [-0.39, 0.29) is 31.4 Å². The van der Waals surface area contributed by atoms with Crippen LogP contribution in [0.2, 0.25) is 0 Å². The number of amides is 2. The third-order valence-corrected chi connectivity index (χ3v) is 9.84. The third-order valence-electron chi connectivity index (χ3n) is 8.90. The van der Waals surface area contributed by atoms with Crippen molar-refractivity contribution in [1.82, 2.24) is 10.2 Å². The van der Waals surface area contributed by atoms with Gasteiger partial charge in [0, 0.05) is 48.4 Å². The molecule has 2 amide bonds. The van der Waals surface area contributed by atoms with Crippen molar-refractivity contribution in [3.05, 3.63) is 80.9 Å². The molecular formula is C37H49IN2O7. The Bertz CT molecular complexity index is 1360. The fourth-order valence-electron chi connectivity index (χ4n) is 6.33. The van der Waals surface area contributed by atoms with Gasteiger partial charge in [0.15, 0.2) is 5.79 Å². The molecule has 4 rings (SSSR count). The molecule has 1 aliphatic heterocycles. The Morgan fingerprint density at radius 1 is 1.00 bits per heavy atom. The molecule has 1 heterocycles. The highest BCUT2D eigenvalue weighted by Crippen LogP contribution is 2.43. The van der Waals surface area contributed by atoms with Crippen LogP contribution in [0, 0.1) is 3.57 Å². The number of esters is 1. The molecule has 0 aromatic heterocycles. The largest absolute Gasteiger partial charge is 0.455 e. The Morgan fingerprint density at radius 2 is 1.66 bits per heavy atom. The Labute approximate surface area is 292 Å². The Kier molecular flexibility index (Phi) is 14.3. The van der Waals surface area contributed by atoms with Crippen molar-refractivity contribution in [1.29, 1.82) is 0 Å². The first kappa shape index (κ1) is 37.0. The van der Waals surface area contributed by atoms with Gasteiger partial charge < -0.3 is 29.5 Å². The SMILES string of the molecule is CCCCCC1(CCCCC)OC2C=C(C(=O)N(C)C(Cc3ccccc3)C(=O)NCCO)CC(OC(=O)c3ccccc3I)C2O1. The minimum Gasteiger partial charge on any atom is -0.455 e. The quantitative estimate of drug-likeness (QED) is 0.116. The van der Waals surface area contributed by atoms with Gasteiger partial charge in [0.25, 0.3) is 0 Å². The summed E-state index contributed by atoms with van der Waals surface area (Å²) in [5.41, 5.74) is 1.75. The van der Waals surface area contributed by atoms with E-state index in [2.05, 4.69) is 41.8 Å². The van der Waals surface area contributed by atoms with Gasteiger partial charge in [0.05, 0.1) is 12.2 Å². The number of hydrogen-bond acceptors (Lipinski definition) is 7. The fraction of sp³-hybridized carbons (Fsp3) is 0.541. The summed E-state index contributed by atoms with van der Waals surface area (Å²) in [7, 11) is 1.61. The maximum absolute atomic E-state index is 14.2. The molecule has 4 atom stereocenters. The number of fused-ring (bicyclic) bond motifs is 1. The van der Waals surface area contributed by atoms with Crippen LogP contribution >= 0.6 is 22.6 Å². The van der Waals surface area contributed by atoms with Gasteiger partial charge in [0.2, 0.25) is 11.8 Å². The van der Waals surface area contributed by atoms with Crippen LogP contribution in [-0.2, 0) is 30.2 Å². The molecule has 4 unspecified atom stereocenters. The third kappa shape index (κ3) is 9.87. The van der Waals surface area contributed by atoms with Gasteiger partial charge in [-0.25, -0.2) is 4.79 Å². The van der Waals surface area contributed by atoms with Crippen LogP contribution in [0.5, 0.6) is 0 Å². The lowest BCUT2D eigenvalue weighted by molar-refractivity contribution is -0.190. The van der Waals surface area contributed by atoms with E-state index in [0.717, 1.165) is 60.5 Å². The summed E-state index contributed by atoms with van der Waals surface area (Å²) in [6, 6.07) is 15.9. The molecule has 2 N–H and O–H groups in total. The molecule has 1 aliphatic carbocycles. The number of hydrogen-bond donors (Lipinski definition) is 2. The van der Waals surface area contributed by atoms with Crippen LogP contribution in [0.15, 0.2) is 66.2 Å². The number of carbonyl (C=O) groups excluding carboxylic acids is 3. The number of aliphatic hydroxyl groups is 1. The first-order valence-electron chi connectivity index (χ1n) is 16.9. The van der Waals surface area contributed by atoms with Crippen molar-refractivity contribution >= 4 is 40.4 Å². The Morgan fingerprint density at radius 3 is 2.30 bits per heavy atom. The number of halogens is 1. The zero-order chi connectivity index (χ0) is 33.8. The van der Waals surface area contributed by atoms with Crippen molar-refractivity contribution in [2.45, 2.75) is 108 Å². The molecule has 1 fully saturated rings. The number of likely N-dealkylation sites (N-methyl/N-ethyl adjacent to an activating group) is 1. The average molecular weight is 761 g/mol. The molecule has 47 heavy (non-hydrogen) atoms. The van der Waals surface area contributed by atoms with Crippen LogP contribution < -0.4 is 5.32 Å². The van der Waals surface area contributed by atoms with Crippen molar-refractivity contribution < 1.29 is 33.7 Å². The molecular weight excluding hydrogens is 711 g/mol. The smallest absolute Gasteiger partial charge is 0.339 e. The van der Waals surface area contributed by atoms with Crippen molar-refractivity contribution in [2.75, 3.05) is 20.2 Å². The van der Waals surface area contributed by atoms with Crippen LogP contribution in [0.25, 0.3) is 0 Å². The van der Waals surface area contributed by atoms with E-state index in [4.69, 9.17) is 14.2 Å². The van der Waals surface area contributed by atoms with Crippen LogP contribution in [0.4, 0.5) is 0 Å². The predicted molar refractivity (Wildman–Crippen MR) is 189 cm³/mol. The average Bonchev–Trinajstić information content (AvgIpc) is 3.45. The van der Waals surface area contributed by atoms with E-state index in [1.807, 2.05) is 48.5 Å². The predicted octanol–water partition coefficient (Wildman–Crippen LogP) is 5.97. The first-order valence-corrected chi connectivity index (χ1v) is 18.0. The lowest BCUT2D eigenvalue weighted by Crippen LogP contribution is -2.51. The van der Waals surface area contributed by atoms with E-state index in [1.54, 1.807) is 19.2 Å². The maximum Gasteiger partial charge on any atom is 0.339 e. The highest BCUT2D eigenvalue weighted by molar-refractivity contribution is 14.1. The number of ether oxygens (including phenoxy) is 3. The summed E-state index contributed by atoms with van der Waals surface area (Å²) in [6.45, 7) is 4.19.